The Morgan fingerprint density at radius 3 is 2.42 bits per heavy atom. The van der Waals surface area contributed by atoms with E-state index in [2.05, 4.69) is 0 Å². The molecule has 2 aromatic rings. The fourth-order valence-corrected chi connectivity index (χ4v) is 3.86. The zero-order valence-corrected chi connectivity index (χ0v) is 15.4. The van der Waals surface area contributed by atoms with E-state index in [0.29, 0.717) is 42.1 Å². The summed E-state index contributed by atoms with van der Waals surface area (Å²) < 4.78 is 0. The molecule has 0 saturated carbocycles. The van der Waals surface area contributed by atoms with Crippen molar-refractivity contribution in [1.29, 1.82) is 0 Å². The van der Waals surface area contributed by atoms with Crippen LogP contribution in [-0.4, -0.2) is 42.8 Å². The van der Waals surface area contributed by atoms with E-state index in [4.69, 9.17) is 5.73 Å². The fraction of sp³-hybridized carbons (Fsp3) is 0.316. The van der Waals surface area contributed by atoms with Gasteiger partial charge in [0.2, 0.25) is 5.91 Å². The Hall–Kier alpha value is -2.67. The first-order chi connectivity index (χ1) is 12.5. The Labute approximate surface area is 156 Å². The maximum absolute atomic E-state index is 13.0. The van der Waals surface area contributed by atoms with E-state index in [-0.39, 0.29) is 23.6 Å². The number of amides is 3. The third kappa shape index (κ3) is 3.62. The summed E-state index contributed by atoms with van der Waals surface area (Å²) in [7, 11) is 1.67. The molecule has 6 nitrogen and oxygen atoms in total. The topological polar surface area (TPSA) is 83.7 Å². The minimum absolute atomic E-state index is 0.130. The second-order valence-electron chi connectivity index (χ2n) is 6.33. The van der Waals surface area contributed by atoms with Crippen molar-refractivity contribution in [2.75, 3.05) is 25.0 Å². The molecule has 136 valence electrons. The number of hydrogen-bond acceptors (Lipinski definition) is 4. The smallest absolute Gasteiger partial charge is 0.268 e. The molecule has 2 N–H and O–H groups in total. The van der Waals surface area contributed by atoms with Crippen molar-refractivity contribution in [2.45, 2.75) is 12.8 Å². The molecular formula is C19H21N3O3S. The molecule has 1 aromatic heterocycles. The summed E-state index contributed by atoms with van der Waals surface area (Å²) in [6.07, 6.45) is 1.15. The van der Waals surface area contributed by atoms with Crippen molar-refractivity contribution in [3.8, 4) is 0 Å². The molecule has 7 heteroatoms. The van der Waals surface area contributed by atoms with Crippen LogP contribution in [0.5, 0.6) is 0 Å². The number of rotatable bonds is 4. The SMILES string of the molecule is CN(C(=O)c1cccs1)c1ccccc1C(=O)N1CCC(C(N)=O)CC1. The summed E-state index contributed by atoms with van der Waals surface area (Å²) >= 11 is 1.37. The number of primary amides is 1. The van der Waals surface area contributed by atoms with Gasteiger partial charge in [-0.25, -0.2) is 0 Å². The molecule has 2 heterocycles. The van der Waals surface area contributed by atoms with Crippen LogP contribution in [0.4, 0.5) is 5.69 Å². The third-order valence-electron chi connectivity index (χ3n) is 4.72. The van der Waals surface area contributed by atoms with E-state index in [1.54, 1.807) is 36.2 Å². The van der Waals surface area contributed by atoms with Crippen LogP contribution < -0.4 is 10.6 Å². The molecule has 3 rings (SSSR count). The van der Waals surface area contributed by atoms with Gasteiger partial charge in [-0.15, -0.1) is 11.3 Å². The number of thiophene rings is 1. The summed E-state index contributed by atoms with van der Waals surface area (Å²) in [5.41, 5.74) is 6.42. The van der Waals surface area contributed by atoms with Gasteiger partial charge < -0.3 is 15.5 Å². The average molecular weight is 371 g/mol. The summed E-state index contributed by atoms with van der Waals surface area (Å²) in [6.45, 7) is 0.979. The van der Waals surface area contributed by atoms with Gasteiger partial charge in [-0.05, 0) is 36.4 Å². The first-order valence-corrected chi connectivity index (χ1v) is 9.36. The van der Waals surface area contributed by atoms with Crippen LogP contribution in [0.25, 0.3) is 0 Å². The van der Waals surface area contributed by atoms with E-state index in [0.717, 1.165) is 0 Å². The number of hydrogen-bond donors (Lipinski definition) is 1. The number of nitrogens with two attached hydrogens (primary N) is 1. The third-order valence-corrected chi connectivity index (χ3v) is 5.57. The molecule has 0 atom stereocenters. The van der Waals surface area contributed by atoms with E-state index in [9.17, 15) is 14.4 Å². The van der Waals surface area contributed by atoms with Crippen LogP contribution in [0.3, 0.4) is 0 Å². The van der Waals surface area contributed by atoms with Gasteiger partial charge in [-0.1, -0.05) is 18.2 Å². The minimum atomic E-state index is -0.307. The quantitative estimate of drug-likeness (QED) is 0.895. The molecular weight excluding hydrogens is 350 g/mol. The number of likely N-dealkylation sites (tertiary alicyclic amines) is 1. The molecule has 0 unspecified atom stereocenters. The van der Waals surface area contributed by atoms with Crippen molar-refractivity contribution in [1.82, 2.24) is 4.90 Å². The van der Waals surface area contributed by atoms with Crippen LogP contribution in [-0.2, 0) is 4.79 Å². The Morgan fingerprint density at radius 2 is 1.81 bits per heavy atom. The van der Waals surface area contributed by atoms with Crippen molar-refractivity contribution in [3.05, 3.63) is 52.2 Å². The number of anilines is 1. The van der Waals surface area contributed by atoms with Crippen LogP contribution in [0.15, 0.2) is 41.8 Å². The standard InChI is InChI=1S/C19H21N3O3S/c1-21(19(25)16-7-4-12-26-16)15-6-3-2-5-14(15)18(24)22-10-8-13(9-11-22)17(20)23/h2-7,12-13H,8-11H2,1H3,(H2,20,23). The number of piperidine rings is 1. The van der Waals surface area contributed by atoms with Crippen LogP contribution in [0, 0.1) is 5.92 Å². The summed E-state index contributed by atoms with van der Waals surface area (Å²) in [5.74, 6) is -0.752. The number of nitrogens with zero attached hydrogens (tertiary/aromatic N) is 2. The Morgan fingerprint density at radius 1 is 1.12 bits per heavy atom. The summed E-state index contributed by atoms with van der Waals surface area (Å²) in [5, 5.41) is 1.85. The van der Waals surface area contributed by atoms with Crippen LogP contribution in [0.2, 0.25) is 0 Å². The highest BCUT2D eigenvalue weighted by Gasteiger charge is 2.28. The number of benzene rings is 1. The first kappa shape index (κ1) is 18.1. The minimum Gasteiger partial charge on any atom is -0.369 e. The Bertz CT molecular complexity index is 811. The average Bonchev–Trinajstić information content (AvgIpc) is 3.21. The molecule has 1 saturated heterocycles. The Kier molecular flexibility index (Phi) is 5.37. The van der Waals surface area contributed by atoms with E-state index >= 15 is 0 Å². The number of para-hydroxylation sites is 1. The normalized spacial score (nSPS) is 14.9. The van der Waals surface area contributed by atoms with Crippen molar-refractivity contribution >= 4 is 34.7 Å². The lowest BCUT2D eigenvalue weighted by Crippen LogP contribution is -2.42. The van der Waals surface area contributed by atoms with Crippen molar-refractivity contribution in [3.63, 3.8) is 0 Å². The Balaban J connectivity index is 1.80. The van der Waals surface area contributed by atoms with Gasteiger partial charge in [0.05, 0.1) is 16.1 Å². The number of carbonyl (C=O) groups excluding carboxylic acids is 3. The molecule has 3 amide bonds. The molecule has 26 heavy (non-hydrogen) atoms. The van der Waals surface area contributed by atoms with Gasteiger partial charge in [0.15, 0.2) is 0 Å². The summed E-state index contributed by atoms with van der Waals surface area (Å²) in [4.78, 5) is 40.8. The largest absolute Gasteiger partial charge is 0.369 e. The van der Waals surface area contributed by atoms with Gasteiger partial charge in [0, 0.05) is 26.1 Å². The molecule has 0 radical (unpaired) electrons. The first-order valence-electron chi connectivity index (χ1n) is 8.48. The second-order valence-corrected chi connectivity index (χ2v) is 7.28. The maximum Gasteiger partial charge on any atom is 0.268 e. The van der Waals surface area contributed by atoms with Gasteiger partial charge in [0.1, 0.15) is 0 Å². The van der Waals surface area contributed by atoms with Gasteiger partial charge >= 0.3 is 0 Å². The lowest BCUT2D eigenvalue weighted by Gasteiger charge is -2.31. The highest BCUT2D eigenvalue weighted by molar-refractivity contribution is 7.12. The highest BCUT2D eigenvalue weighted by Crippen LogP contribution is 2.26. The van der Waals surface area contributed by atoms with Crippen LogP contribution >= 0.6 is 11.3 Å². The predicted molar refractivity (Wildman–Crippen MR) is 101 cm³/mol. The lowest BCUT2D eigenvalue weighted by molar-refractivity contribution is -0.123. The van der Waals surface area contributed by atoms with E-state index < -0.39 is 0 Å². The number of carbonyl (C=O) groups is 3. The second kappa shape index (κ2) is 7.70. The maximum atomic E-state index is 13.0. The van der Waals surface area contributed by atoms with Crippen LogP contribution in [0.1, 0.15) is 32.9 Å². The molecule has 0 aliphatic carbocycles. The van der Waals surface area contributed by atoms with Gasteiger partial charge in [0.25, 0.3) is 11.8 Å². The van der Waals surface area contributed by atoms with E-state index in [1.165, 1.54) is 16.2 Å². The molecule has 1 aliphatic heterocycles. The molecule has 1 aromatic carbocycles. The van der Waals surface area contributed by atoms with Crippen molar-refractivity contribution in [2.24, 2.45) is 11.7 Å². The van der Waals surface area contributed by atoms with Gasteiger partial charge in [-0.2, -0.15) is 0 Å². The monoisotopic (exact) mass is 371 g/mol. The van der Waals surface area contributed by atoms with E-state index in [1.807, 2.05) is 17.5 Å². The summed E-state index contributed by atoms with van der Waals surface area (Å²) in [6, 6.07) is 10.7. The zero-order chi connectivity index (χ0) is 18.7. The van der Waals surface area contributed by atoms with Crippen molar-refractivity contribution < 1.29 is 14.4 Å². The molecule has 1 fully saturated rings. The molecule has 0 spiro atoms. The molecule has 0 bridgehead atoms. The zero-order valence-electron chi connectivity index (χ0n) is 14.6. The fourth-order valence-electron chi connectivity index (χ4n) is 3.16. The highest BCUT2D eigenvalue weighted by atomic mass is 32.1. The van der Waals surface area contributed by atoms with Gasteiger partial charge in [-0.3, -0.25) is 14.4 Å². The predicted octanol–water partition coefficient (Wildman–Crippen LogP) is 2.36. The lowest BCUT2D eigenvalue weighted by atomic mass is 9.95. The molecule has 1 aliphatic rings.